The van der Waals surface area contributed by atoms with Gasteiger partial charge in [0.2, 0.25) is 0 Å². The number of aliphatic hydroxyl groups is 1. The third kappa shape index (κ3) is 5.74. The number of unbranched alkanes of at least 4 members (excludes halogenated alkanes) is 3. The number of amides is 1. The fourth-order valence-electron chi connectivity index (χ4n) is 1.14. The second-order valence-electron chi connectivity index (χ2n) is 3.39. The minimum atomic E-state index is -0.492. The maximum absolute atomic E-state index is 11.3. The summed E-state index contributed by atoms with van der Waals surface area (Å²) >= 11 is 0. The summed E-state index contributed by atoms with van der Waals surface area (Å²) in [5, 5.41) is 20.2. The molecule has 0 aromatic carbocycles. The molecule has 0 saturated heterocycles. The fourth-order valence-corrected chi connectivity index (χ4v) is 1.14. The minimum absolute atomic E-state index is 0.203. The lowest BCUT2D eigenvalue weighted by Gasteiger charge is -2.03. The predicted octanol–water partition coefficient (Wildman–Crippen LogP) is 2.04. The standard InChI is InChI=1S/C11H18N2O2/c1-3-4-5-6-7-13-11(15)10(8-12)9(2)14/h14H,3-7H2,1-2H3,(H,13,15)/b10-9-. The summed E-state index contributed by atoms with van der Waals surface area (Å²) < 4.78 is 0. The molecular formula is C11H18N2O2. The van der Waals surface area contributed by atoms with E-state index in [1.807, 2.05) is 0 Å². The SMILES string of the molecule is CCCCCCNC(=O)/C(C#N)=C(/C)O. The largest absolute Gasteiger partial charge is 0.511 e. The normalized spacial score (nSPS) is 11.5. The summed E-state index contributed by atoms with van der Waals surface area (Å²) in [4.78, 5) is 11.3. The van der Waals surface area contributed by atoms with Gasteiger partial charge in [-0.3, -0.25) is 4.79 Å². The van der Waals surface area contributed by atoms with Gasteiger partial charge < -0.3 is 10.4 Å². The smallest absolute Gasteiger partial charge is 0.265 e. The topological polar surface area (TPSA) is 73.1 Å². The number of carbonyl (C=O) groups is 1. The van der Waals surface area contributed by atoms with Gasteiger partial charge in [0.15, 0.2) is 5.57 Å². The quantitative estimate of drug-likeness (QED) is 0.305. The van der Waals surface area contributed by atoms with Crippen molar-refractivity contribution in [3.05, 3.63) is 11.3 Å². The van der Waals surface area contributed by atoms with E-state index in [0.717, 1.165) is 25.7 Å². The van der Waals surface area contributed by atoms with Gasteiger partial charge >= 0.3 is 0 Å². The van der Waals surface area contributed by atoms with Crippen LogP contribution in [0.4, 0.5) is 0 Å². The van der Waals surface area contributed by atoms with E-state index in [2.05, 4.69) is 12.2 Å². The number of allylic oxidation sites excluding steroid dienone is 1. The van der Waals surface area contributed by atoms with Crippen molar-refractivity contribution in [3.63, 3.8) is 0 Å². The molecule has 4 nitrogen and oxygen atoms in total. The van der Waals surface area contributed by atoms with Gasteiger partial charge in [-0.05, 0) is 13.3 Å². The van der Waals surface area contributed by atoms with E-state index in [9.17, 15) is 4.79 Å². The number of rotatable bonds is 6. The Bertz CT molecular complexity index is 273. The molecule has 0 aromatic rings. The van der Waals surface area contributed by atoms with Gasteiger partial charge in [-0.15, -0.1) is 0 Å². The molecule has 84 valence electrons. The fraction of sp³-hybridized carbons (Fsp3) is 0.636. The Labute approximate surface area is 90.6 Å². The Morgan fingerprint density at radius 1 is 1.40 bits per heavy atom. The molecule has 0 aliphatic carbocycles. The number of nitriles is 1. The van der Waals surface area contributed by atoms with Crippen LogP contribution in [0.5, 0.6) is 0 Å². The van der Waals surface area contributed by atoms with Gasteiger partial charge in [0.25, 0.3) is 5.91 Å². The molecule has 0 spiro atoms. The van der Waals surface area contributed by atoms with Gasteiger partial charge in [-0.25, -0.2) is 0 Å². The van der Waals surface area contributed by atoms with Crippen LogP contribution in [0, 0.1) is 11.3 Å². The number of nitrogens with one attached hydrogen (secondary N) is 1. The summed E-state index contributed by atoms with van der Waals surface area (Å²) in [6.45, 7) is 4.00. The maximum atomic E-state index is 11.3. The third-order valence-corrected chi connectivity index (χ3v) is 2.02. The lowest BCUT2D eigenvalue weighted by Crippen LogP contribution is -2.26. The number of carbonyl (C=O) groups excluding carboxylic acids is 1. The molecule has 0 rings (SSSR count). The number of aliphatic hydroxyl groups excluding tert-OH is 1. The molecule has 4 heteroatoms. The van der Waals surface area contributed by atoms with E-state index in [1.165, 1.54) is 6.92 Å². The van der Waals surface area contributed by atoms with Crippen molar-refractivity contribution >= 4 is 5.91 Å². The minimum Gasteiger partial charge on any atom is -0.511 e. The van der Waals surface area contributed by atoms with Crippen molar-refractivity contribution in [1.82, 2.24) is 5.32 Å². The average molecular weight is 210 g/mol. The second kappa shape index (κ2) is 7.86. The molecule has 0 unspecified atom stereocenters. The first-order chi connectivity index (χ1) is 7.13. The zero-order valence-corrected chi connectivity index (χ0v) is 9.34. The lowest BCUT2D eigenvalue weighted by molar-refractivity contribution is -0.117. The van der Waals surface area contributed by atoms with Crippen LogP contribution < -0.4 is 5.32 Å². The van der Waals surface area contributed by atoms with E-state index in [1.54, 1.807) is 6.07 Å². The van der Waals surface area contributed by atoms with E-state index in [0.29, 0.717) is 6.54 Å². The second-order valence-corrected chi connectivity index (χ2v) is 3.39. The van der Waals surface area contributed by atoms with Crippen molar-refractivity contribution in [2.45, 2.75) is 39.5 Å². The third-order valence-electron chi connectivity index (χ3n) is 2.02. The van der Waals surface area contributed by atoms with Gasteiger partial charge in [0.1, 0.15) is 11.8 Å². The van der Waals surface area contributed by atoms with Crippen LogP contribution >= 0.6 is 0 Å². The Kier molecular flexibility index (Phi) is 7.08. The van der Waals surface area contributed by atoms with Crippen molar-refractivity contribution in [3.8, 4) is 6.07 Å². The van der Waals surface area contributed by atoms with Crippen molar-refractivity contribution in [2.75, 3.05) is 6.54 Å². The first-order valence-electron chi connectivity index (χ1n) is 5.21. The van der Waals surface area contributed by atoms with E-state index >= 15 is 0 Å². The Balaban J connectivity index is 3.85. The van der Waals surface area contributed by atoms with Gasteiger partial charge in [-0.1, -0.05) is 26.2 Å². The lowest BCUT2D eigenvalue weighted by atomic mass is 10.2. The molecule has 0 aromatic heterocycles. The van der Waals surface area contributed by atoms with Crippen molar-refractivity contribution in [2.24, 2.45) is 0 Å². The molecule has 0 aliphatic rings. The Morgan fingerprint density at radius 3 is 2.53 bits per heavy atom. The Morgan fingerprint density at radius 2 is 2.07 bits per heavy atom. The summed E-state index contributed by atoms with van der Waals surface area (Å²) in [7, 11) is 0. The van der Waals surface area contributed by atoms with Crippen LogP contribution in [0.3, 0.4) is 0 Å². The molecule has 15 heavy (non-hydrogen) atoms. The molecule has 0 saturated carbocycles. The molecule has 1 amide bonds. The van der Waals surface area contributed by atoms with Crippen LogP contribution in [0.15, 0.2) is 11.3 Å². The average Bonchev–Trinajstić information content (AvgIpc) is 2.18. The maximum Gasteiger partial charge on any atom is 0.265 e. The number of hydrogen-bond acceptors (Lipinski definition) is 3. The molecule has 2 N–H and O–H groups in total. The van der Waals surface area contributed by atoms with Crippen LogP contribution in [-0.4, -0.2) is 17.6 Å². The van der Waals surface area contributed by atoms with Crippen LogP contribution in [0.1, 0.15) is 39.5 Å². The van der Waals surface area contributed by atoms with E-state index < -0.39 is 5.91 Å². The zero-order valence-electron chi connectivity index (χ0n) is 9.34. The van der Waals surface area contributed by atoms with Crippen LogP contribution in [0.25, 0.3) is 0 Å². The highest BCUT2D eigenvalue weighted by Crippen LogP contribution is 2.00. The molecule has 0 heterocycles. The van der Waals surface area contributed by atoms with Crippen LogP contribution in [-0.2, 0) is 4.79 Å². The predicted molar refractivity (Wildman–Crippen MR) is 58.1 cm³/mol. The van der Waals surface area contributed by atoms with E-state index in [4.69, 9.17) is 10.4 Å². The molecule has 0 radical (unpaired) electrons. The highest BCUT2D eigenvalue weighted by molar-refractivity contribution is 5.97. The Hall–Kier alpha value is -1.50. The summed E-state index contributed by atoms with van der Waals surface area (Å²) in [6.07, 6.45) is 4.27. The first-order valence-corrected chi connectivity index (χ1v) is 5.21. The highest BCUT2D eigenvalue weighted by Gasteiger charge is 2.10. The van der Waals surface area contributed by atoms with Gasteiger partial charge in [0, 0.05) is 6.54 Å². The zero-order chi connectivity index (χ0) is 11.7. The molecule has 0 aliphatic heterocycles. The summed E-state index contributed by atoms with van der Waals surface area (Å²) in [5.74, 6) is -0.724. The van der Waals surface area contributed by atoms with E-state index in [-0.39, 0.29) is 11.3 Å². The first kappa shape index (κ1) is 13.5. The highest BCUT2D eigenvalue weighted by atomic mass is 16.3. The van der Waals surface area contributed by atoms with Gasteiger partial charge in [0.05, 0.1) is 0 Å². The molecule has 0 atom stereocenters. The summed E-state index contributed by atoms with van der Waals surface area (Å²) in [6, 6.07) is 1.67. The molecular weight excluding hydrogens is 192 g/mol. The monoisotopic (exact) mass is 210 g/mol. The molecule has 0 bridgehead atoms. The van der Waals surface area contributed by atoms with Crippen LogP contribution in [0.2, 0.25) is 0 Å². The number of nitrogens with zero attached hydrogens (tertiary/aromatic N) is 1. The van der Waals surface area contributed by atoms with Gasteiger partial charge in [-0.2, -0.15) is 5.26 Å². The van der Waals surface area contributed by atoms with Crippen molar-refractivity contribution in [1.29, 1.82) is 5.26 Å². The number of hydrogen-bond donors (Lipinski definition) is 2. The molecule has 0 fully saturated rings. The summed E-state index contributed by atoms with van der Waals surface area (Å²) in [5.41, 5.74) is -0.203. The van der Waals surface area contributed by atoms with Crippen molar-refractivity contribution < 1.29 is 9.90 Å².